The second-order valence-electron chi connectivity index (χ2n) is 8.41. The molecule has 154 valence electrons. The lowest BCUT2D eigenvalue weighted by atomic mass is 9.77. The highest BCUT2D eigenvalue weighted by Gasteiger charge is 2.53. The first kappa shape index (κ1) is 19.3. The number of pyridine rings is 1. The first-order valence-corrected chi connectivity index (χ1v) is 10.8. The van der Waals surface area contributed by atoms with Crippen molar-refractivity contribution >= 4 is 29.1 Å². The van der Waals surface area contributed by atoms with Gasteiger partial charge in [-0.05, 0) is 50.8 Å². The number of halogens is 1. The quantitative estimate of drug-likeness (QED) is 0.672. The predicted molar refractivity (Wildman–Crippen MR) is 114 cm³/mol. The lowest BCUT2D eigenvalue weighted by Gasteiger charge is -2.37. The van der Waals surface area contributed by atoms with Gasteiger partial charge in [0.2, 0.25) is 0 Å². The third-order valence-corrected chi connectivity index (χ3v) is 6.69. The number of anilines is 1. The summed E-state index contributed by atoms with van der Waals surface area (Å²) in [5.41, 5.74) is 3.23. The van der Waals surface area contributed by atoms with Crippen molar-refractivity contribution < 1.29 is 14.3 Å². The number of nitrogens with zero attached hydrogens (tertiary/aromatic N) is 2. The van der Waals surface area contributed by atoms with Crippen molar-refractivity contribution in [3.05, 3.63) is 70.6 Å². The Labute approximate surface area is 180 Å². The van der Waals surface area contributed by atoms with Crippen LogP contribution in [0.25, 0.3) is 0 Å². The fourth-order valence-corrected chi connectivity index (χ4v) is 5.10. The molecule has 6 heteroatoms. The van der Waals surface area contributed by atoms with E-state index in [0.717, 1.165) is 23.2 Å². The number of benzene rings is 1. The zero-order chi connectivity index (χ0) is 21.0. The number of ether oxygens (including phenoxy) is 1. The zero-order valence-electron chi connectivity index (χ0n) is 17.0. The average molecular weight is 423 g/mol. The van der Waals surface area contributed by atoms with Crippen LogP contribution in [0.4, 0.5) is 5.82 Å². The topological polar surface area (TPSA) is 59.5 Å². The molecule has 0 spiro atoms. The van der Waals surface area contributed by atoms with Crippen LogP contribution < -0.4 is 4.90 Å². The normalized spacial score (nSPS) is 28.3. The van der Waals surface area contributed by atoms with E-state index in [0.29, 0.717) is 24.2 Å². The van der Waals surface area contributed by atoms with Gasteiger partial charge >= 0.3 is 0 Å². The molecule has 1 aromatic heterocycles. The van der Waals surface area contributed by atoms with Gasteiger partial charge in [0, 0.05) is 11.1 Å². The van der Waals surface area contributed by atoms with Gasteiger partial charge in [0.15, 0.2) is 11.5 Å². The summed E-state index contributed by atoms with van der Waals surface area (Å²) in [6, 6.07) is 12.9. The summed E-state index contributed by atoms with van der Waals surface area (Å²) in [4.78, 5) is 33.3. The number of Topliss-reactive ketones (excluding diaryl/α,β-unsaturated/α-hetero) is 1. The number of carbonyl (C=O) groups is 2. The molecule has 1 saturated carbocycles. The van der Waals surface area contributed by atoms with Crippen molar-refractivity contribution in [1.29, 1.82) is 0 Å². The maximum Gasteiger partial charge on any atom is 0.295 e. The molecular formula is C24H23ClN2O3. The standard InChI is InChI=1S/C24H23ClN2O3/c1-13-6-8-15(9-7-13)21-20-22(28)17-12-16(25)10-11-18(17)30-23(20)24(29)27(21)19-5-3-4-14(2)26-19/h3-9,16-18,21H,10-12H2,1-2H3. The fourth-order valence-electron chi connectivity index (χ4n) is 4.78. The average Bonchev–Trinajstić information content (AvgIpc) is 3.02. The van der Waals surface area contributed by atoms with E-state index in [2.05, 4.69) is 4.98 Å². The molecule has 5 rings (SSSR count). The molecule has 5 nitrogen and oxygen atoms in total. The minimum atomic E-state index is -0.549. The van der Waals surface area contributed by atoms with E-state index < -0.39 is 6.04 Å². The van der Waals surface area contributed by atoms with Crippen LogP contribution in [0.5, 0.6) is 0 Å². The number of hydrogen-bond acceptors (Lipinski definition) is 4. The van der Waals surface area contributed by atoms with E-state index in [1.54, 1.807) is 11.0 Å². The number of rotatable bonds is 2. The van der Waals surface area contributed by atoms with Crippen molar-refractivity contribution in [3.8, 4) is 0 Å². The summed E-state index contributed by atoms with van der Waals surface area (Å²) in [5, 5.41) is -0.0366. The van der Waals surface area contributed by atoms with Crippen LogP contribution in [-0.2, 0) is 14.3 Å². The van der Waals surface area contributed by atoms with Gasteiger partial charge in [-0.3, -0.25) is 14.5 Å². The summed E-state index contributed by atoms with van der Waals surface area (Å²) in [7, 11) is 0. The minimum Gasteiger partial charge on any atom is -0.483 e. The van der Waals surface area contributed by atoms with E-state index in [1.165, 1.54) is 0 Å². The van der Waals surface area contributed by atoms with Crippen molar-refractivity contribution in [2.45, 2.75) is 50.6 Å². The van der Waals surface area contributed by atoms with Crippen LogP contribution in [0.15, 0.2) is 53.8 Å². The summed E-state index contributed by atoms with van der Waals surface area (Å²) < 4.78 is 6.18. The van der Waals surface area contributed by atoms with Crippen molar-refractivity contribution in [2.75, 3.05) is 4.90 Å². The van der Waals surface area contributed by atoms with Gasteiger partial charge in [0.1, 0.15) is 11.9 Å². The van der Waals surface area contributed by atoms with Crippen molar-refractivity contribution in [2.24, 2.45) is 5.92 Å². The SMILES string of the molecule is Cc1ccc(C2C3=C(OC4CCC(Cl)CC4C3=O)C(=O)N2c2cccc(C)n2)cc1. The first-order valence-electron chi connectivity index (χ1n) is 10.4. The van der Waals surface area contributed by atoms with E-state index in [1.807, 2.05) is 50.2 Å². The van der Waals surface area contributed by atoms with E-state index in [-0.39, 0.29) is 34.8 Å². The molecule has 1 fully saturated rings. The highest BCUT2D eigenvalue weighted by molar-refractivity contribution is 6.21. The highest BCUT2D eigenvalue weighted by atomic mass is 35.5. The van der Waals surface area contributed by atoms with Gasteiger partial charge < -0.3 is 4.74 Å². The van der Waals surface area contributed by atoms with Crippen LogP contribution in [0.1, 0.15) is 42.1 Å². The Balaban J connectivity index is 1.65. The van der Waals surface area contributed by atoms with E-state index >= 15 is 0 Å². The number of aryl methyl sites for hydroxylation is 2. The Bertz CT molecular complexity index is 1060. The van der Waals surface area contributed by atoms with Crippen molar-refractivity contribution in [3.63, 3.8) is 0 Å². The molecule has 4 unspecified atom stereocenters. The molecule has 3 aliphatic rings. The van der Waals surface area contributed by atoms with Crippen LogP contribution in [0.3, 0.4) is 0 Å². The maximum atomic E-state index is 13.6. The molecule has 0 N–H and O–H groups in total. The van der Waals surface area contributed by atoms with Crippen LogP contribution in [-0.4, -0.2) is 28.2 Å². The number of aromatic nitrogens is 1. The van der Waals surface area contributed by atoms with E-state index in [9.17, 15) is 9.59 Å². The second kappa shape index (κ2) is 7.24. The zero-order valence-corrected chi connectivity index (χ0v) is 17.7. The molecular weight excluding hydrogens is 400 g/mol. The largest absolute Gasteiger partial charge is 0.483 e. The molecule has 2 aromatic rings. The Morgan fingerprint density at radius 3 is 2.57 bits per heavy atom. The predicted octanol–water partition coefficient (Wildman–Crippen LogP) is 4.42. The first-order chi connectivity index (χ1) is 14.4. The van der Waals surface area contributed by atoms with Crippen LogP contribution >= 0.6 is 11.6 Å². The summed E-state index contributed by atoms with van der Waals surface area (Å²) in [5.74, 6) is 0.0954. The van der Waals surface area contributed by atoms with Gasteiger partial charge in [-0.2, -0.15) is 0 Å². The molecule has 0 radical (unpaired) electrons. The number of fused-ring (bicyclic) bond motifs is 1. The van der Waals surface area contributed by atoms with E-state index in [4.69, 9.17) is 16.3 Å². The highest BCUT2D eigenvalue weighted by Crippen LogP contribution is 2.48. The number of ketones is 1. The molecule has 4 atom stereocenters. The number of alkyl halides is 1. The smallest absolute Gasteiger partial charge is 0.295 e. The van der Waals surface area contributed by atoms with Crippen molar-refractivity contribution in [1.82, 2.24) is 4.98 Å². The molecule has 30 heavy (non-hydrogen) atoms. The fraction of sp³-hybridized carbons (Fsp3) is 0.375. The lowest BCUT2D eigenvalue weighted by Crippen LogP contribution is -2.41. The Morgan fingerprint density at radius 1 is 1.07 bits per heavy atom. The lowest BCUT2D eigenvalue weighted by molar-refractivity contribution is -0.131. The van der Waals surface area contributed by atoms with Gasteiger partial charge in [0.05, 0.1) is 17.5 Å². The monoisotopic (exact) mass is 422 g/mol. The number of amides is 1. The Morgan fingerprint density at radius 2 is 1.83 bits per heavy atom. The van der Waals surface area contributed by atoms with Gasteiger partial charge in [-0.25, -0.2) is 4.98 Å². The van der Waals surface area contributed by atoms with Gasteiger partial charge in [0.25, 0.3) is 5.91 Å². The minimum absolute atomic E-state index is 0.0133. The molecule has 0 bridgehead atoms. The Hall–Kier alpha value is -2.66. The third kappa shape index (κ3) is 3.03. The third-order valence-electron chi connectivity index (χ3n) is 6.30. The van der Waals surface area contributed by atoms with Gasteiger partial charge in [-0.15, -0.1) is 11.6 Å². The number of hydrogen-bond donors (Lipinski definition) is 0. The molecule has 0 saturated heterocycles. The summed E-state index contributed by atoms with van der Waals surface area (Å²) in [6.45, 7) is 3.89. The maximum absolute atomic E-state index is 13.6. The van der Waals surface area contributed by atoms with Gasteiger partial charge in [-0.1, -0.05) is 35.9 Å². The second-order valence-corrected chi connectivity index (χ2v) is 9.02. The molecule has 3 heterocycles. The molecule has 2 aliphatic heterocycles. The van der Waals surface area contributed by atoms with Crippen LogP contribution in [0, 0.1) is 19.8 Å². The van der Waals surface area contributed by atoms with Crippen LogP contribution in [0.2, 0.25) is 0 Å². The molecule has 1 aliphatic carbocycles. The molecule has 1 aromatic carbocycles. The number of carbonyl (C=O) groups excluding carboxylic acids is 2. The molecule has 1 amide bonds. The summed E-state index contributed by atoms with van der Waals surface area (Å²) >= 11 is 6.37. The Kier molecular flexibility index (Phi) is 4.66. The summed E-state index contributed by atoms with van der Waals surface area (Å²) in [6.07, 6.45) is 1.78.